The first kappa shape index (κ1) is 8.25. The first-order valence-electron chi connectivity index (χ1n) is 3.15. The molecule has 0 aliphatic heterocycles. The molecule has 0 atom stereocenters. The minimum atomic E-state index is -0.699. The zero-order chi connectivity index (χ0) is 9.30. The summed E-state index contributed by atoms with van der Waals surface area (Å²) in [6.45, 7) is 0. The molecule has 1 amide bonds. The van der Waals surface area contributed by atoms with Crippen LogP contribution in [-0.4, -0.2) is 15.5 Å². The van der Waals surface area contributed by atoms with Gasteiger partial charge in [0.1, 0.15) is 5.82 Å². The molecule has 4 N–H and O–H groups in total. The molecule has 0 aromatic carbocycles. The summed E-state index contributed by atoms with van der Waals surface area (Å²) in [5.41, 5.74) is 9.76. The number of primary amides is 1. The average molecular weight is 168 g/mol. The van der Waals surface area contributed by atoms with Crippen LogP contribution in [0.1, 0.15) is 10.4 Å². The van der Waals surface area contributed by atoms with Crippen LogP contribution in [0.4, 0.5) is 5.82 Å². The van der Waals surface area contributed by atoms with Crippen molar-refractivity contribution in [3.63, 3.8) is 0 Å². The molecule has 12 heavy (non-hydrogen) atoms. The second-order valence-corrected chi connectivity index (χ2v) is 2.30. The maximum Gasteiger partial charge on any atom is 0.349 e. The Morgan fingerprint density at radius 2 is 2.25 bits per heavy atom. The fourth-order valence-corrected chi connectivity index (χ4v) is 0.747. The van der Waals surface area contributed by atoms with Crippen LogP contribution in [-0.2, 0) is 7.05 Å². The third-order valence-electron chi connectivity index (χ3n) is 1.38. The fourth-order valence-electron chi connectivity index (χ4n) is 0.747. The first-order chi connectivity index (χ1) is 5.52. The number of amides is 1. The van der Waals surface area contributed by atoms with Crippen LogP contribution in [0, 0.1) is 0 Å². The predicted octanol–water partition coefficient (Wildman–Crippen LogP) is -1.54. The summed E-state index contributed by atoms with van der Waals surface area (Å²) >= 11 is 0. The van der Waals surface area contributed by atoms with E-state index in [1.54, 1.807) is 0 Å². The van der Waals surface area contributed by atoms with Crippen LogP contribution < -0.4 is 17.2 Å². The van der Waals surface area contributed by atoms with Crippen LogP contribution in [0.2, 0.25) is 0 Å². The summed E-state index contributed by atoms with van der Waals surface area (Å²) in [4.78, 5) is 24.9. The van der Waals surface area contributed by atoms with Crippen molar-refractivity contribution in [1.29, 1.82) is 0 Å². The molecule has 0 aliphatic carbocycles. The van der Waals surface area contributed by atoms with E-state index in [4.69, 9.17) is 11.5 Å². The van der Waals surface area contributed by atoms with Crippen LogP contribution in [0.15, 0.2) is 11.0 Å². The third-order valence-corrected chi connectivity index (χ3v) is 1.38. The van der Waals surface area contributed by atoms with Gasteiger partial charge in [0, 0.05) is 13.2 Å². The number of aromatic nitrogens is 2. The number of anilines is 1. The van der Waals surface area contributed by atoms with Gasteiger partial charge < -0.3 is 16.0 Å². The number of aryl methyl sites for hydroxylation is 1. The Hall–Kier alpha value is -1.85. The van der Waals surface area contributed by atoms with Gasteiger partial charge in [-0.15, -0.1) is 0 Å². The highest BCUT2D eigenvalue weighted by molar-refractivity contribution is 5.96. The second kappa shape index (κ2) is 2.65. The van der Waals surface area contributed by atoms with Crippen LogP contribution in [0.3, 0.4) is 0 Å². The van der Waals surface area contributed by atoms with Crippen molar-refractivity contribution < 1.29 is 4.79 Å². The van der Waals surface area contributed by atoms with Gasteiger partial charge in [-0.3, -0.25) is 4.79 Å². The highest BCUT2D eigenvalue weighted by atomic mass is 16.2. The van der Waals surface area contributed by atoms with E-state index in [0.29, 0.717) is 0 Å². The molecule has 1 rings (SSSR count). The zero-order valence-corrected chi connectivity index (χ0v) is 6.44. The molecular weight excluding hydrogens is 160 g/mol. The molecule has 64 valence electrons. The Labute approximate surface area is 67.8 Å². The topological polar surface area (TPSA) is 104 Å². The molecular formula is C6H8N4O2. The lowest BCUT2D eigenvalue weighted by Gasteiger charge is -2.01. The van der Waals surface area contributed by atoms with E-state index in [0.717, 1.165) is 4.57 Å². The van der Waals surface area contributed by atoms with Gasteiger partial charge in [0.25, 0.3) is 5.91 Å². The van der Waals surface area contributed by atoms with Crippen molar-refractivity contribution in [3.05, 3.63) is 22.2 Å². The summed E-state index contributed by atoms with van der Waals surface area (Å²) in [5.74, 6) is -0.832. The lowest BCUT2D eigenvalue weighted by molar-refractivity contribution is 0.1000. The van der Waals surface area contributed by atoms with Gasteiger partial charge in [-0.2, -0.15) is 4.98 Å². The number of nitrogens with two attached hydrogens (primary N) is 2. The summed E-state index contributed by atoms with van der Waals surface area (Å²) in [5, 5.41) is 0. The molecule has 0 aliphatic rings. The lowest BCUT2D eigenvalue weighted by Crippen LogP contribution is -2.25. The number of hydrogen-bond donors (Lipinski definition) is 2. The summed E-state index contributed by atoms with van der Waals surface area (Å²) in [6, 6.07) is 0. The molecule has 1 aromatic heterocycles. The normalized spacial score (nSPS) is 9.75. The molecule has 6 heteroatoms. The summed E-state index contributed by atoms with van der Waals surface area (Å²) < 4.78 is 1.14. The Morgan fingerprint density at radius 3 is 2.75 bits per heavy atom. The molecule has 1 aromatic rings. The summed E-state index contributed by atoms with van der Waals surface area (Å²) in [6.07, 6.45) is 1.26. The van der Waals surface area contributed by atoms with Crippen molar-refractivity contribution in [2.24, 2.45) is 12.8 Å². The number of nitrogens with zero attached hydrogens (tertiary/aromatic N) is 2. The molecule has 0 spiro atoms. The molecule has 0 unspecified atom stereocenters. The average Bonchev–Trinajstić information content (AvgIpc) is 1.96. The number of hydrogen-bond acceptors (Lipinski definition) is 4. The van der Waals surface area contributed by atoms with Gasteiger partial charge >= 0.3 is 5.69 Å². The SMILES string of the molecule is Cn1cc(C(N)=O)c(N)nc1=O. The molecule has 6 nitrogen and oxygen atoms in total. The first-order valence-corrected chi connectivity index (χ1v) is 3.15. The number of rotatable bonds is 1. The summed E-state index contributed by atoms with van der Waals surface area (Å²) in [7, 11) is 1.46. The highest BCUT2D eigenvalue weighted by Crippen LogP contribution is 2.01. The van der Waals surface area contributed by atoms with Crippen LogP contribution in [0.5, 0.6) is 0 Å². The van der Waals surface area contributed by atoms with Crippen molar-refractivity contribution in [3.8, 4) is 0 Å². The zero-order valence-electron chi connectivity index (χ0n) is 6.44. The van der Waals surface area contributed by atoms with E-state index in [2.05, 4.69) is 4.98 Å². The second-order valence-electron chi connectivity index (χ2n) is 2.30. The van der Waals surface area contributed by atoms with Crippen molar-refractivity contribution in [1.82, 2.24) is 9.55 Å². The largest absolute Gasteiger partial charge is 0.383 e. The Balaban J connectivity index is 3.43. The molecule has 0 radical (unpaired) electrons. The Morgan fingerprint density at radius 1 is 1.67 bits per heavy atom. The van der Waals surface area contributed by atoms with Gasteiger partial charge in [0.2, 0.25) is 0 Å². The van der Waals surface area contributed by atoms with Crippen molar-refractivity contribution >= 4 is 11.7 Å². The van der Waals surface area contributed by atoms with Gasteiger partial charge in [-0.1, -0.05) is 0 Å². The molecule has 0 saturated heterocycles. The third kappa shape index (κ3) is 1.26. The minimum Gasteiger partial charge on any atom is -0.383 e. The van der Waals surface area contributed by atoms with Gasteiger partial charge in [0.05, 0.1) is 5.56 Å². The predicted molar refractivity (Wildman–Crippen MR) is 42.4 cm³/mol. The van der Waals surface area contributed by atoms with E-state index >= 15 is 0 Å². The van der Waals surface area contributed by atoms with Gasteiger partial charge in [0.15, 0.2) is 0 Å². The molecule has 1 heterocycles. The monoisotopic (exact) mass is 168 g/mol. The van der Waals surface area contributed by atoms with Crippen molar-refractivity contribution in [2.45, 2.75) is 0 Å². The van der Waals surface area contributed by atoms with Gasteiger partial charge in [-0.25, -0.2) is 4.79 Å². The number of carbonyl (C=O) groups excluding carboxylic acids is 1. The smallest absolute Gasteiger partial charge is 0.349 e. The van der Waals surface area contributed by atoms with Gasteiger partial charge in [-0.05, 0) is 0 Å². The van der Waals surface area contributed by atoms with E-state index in [9.17, 15) is 9.59 Å². The van der Waals surface area contributed by atoms with E-state index < -0.39 is 11.6 Å². The van der Waals surface area contributed by atoms with E-state index in [1.165, 1.54) is 13.2 Å². The maximum atomic E-state index is 10.8. The Bertz CT molecular complexity index is 382. The van der Waals surface area contributed by atoms with Crippen molar-refractivity contribution in [2.75, 3.05) is 5.73 Å². The number of carbonyl (C=O) groups is 1. The molecule has 0 bridgehead atoms. The standard InChI is InChI=1S/C6H8N4O2/c1-10-2-3(5(8)11)4(7)9-6(10)12/h2H,1H3,(H2,8,11)(H2,7,9,12). The maximum absolute atomic E-state index is 10.8. The van der Waals surface area contributed by atoms with E-state index in [-0.39, 0.29) is 11.4 Å². The Kier molecular flexibility index (Phi) is 1.82. The van der Waals surface area contributed by atoms with Crippen LogP contribution in [0.25, 0.3) is 0 Å². The molecule has 0 saturated carbocycles. The quantitative estimate of drug-likeness (QED) is 0.530. The minimum absolute atomic E-state index is 0.0529. The number of nitrogen functional groups attached to an aromatic ring is 1. The van der Waals surface area contributed by atoms with E-state index in [1.807, 2.05) is 0 Å². The highest BCUT2D eigenvalue weighted by Gasteiger charge is 2.08. The molecule has 0 fully saturated rings. The lowest BCUT2D eigenvalue weighted by atomic mass is 10.3. The fraction of sp³-hybridized carbons (Fsp3) is 0.167. The van der Waals surface area contributed by atoms with Crippen LogP contribution >= 0.6 is 0 Å².